The fraction of sp³-hybridized carbons (Fsp3) is 0.200. The molecule has 0 radical (unpaired) electrons. The molecule has 4 aromatic carbocycles. The maximum absolute atomic E-state index is 14.0. The van der Waals surface area contributed by atoms with Gasteiger partial charge in [-0.3, -0.25) is 4.79 Å². The number of carbonyl (C=O) groups excluding carboxylic acids is 1. The van der Waals surface area contributed by atoms with Crippen LogP contribution in [0.15, 0.2) is 97.1 Å². The molecule has 2 aliphatic rings. The lowest BCUT2D eigenvalue weighted by Crippen LogP contribution is -2.46. The molecule has 0 amide bonds. The van der Waals surface area contributed by atoms with Crippen molar-refractivity contribution in [2.45, 2.75) is 24.4 Å². The van der Waals surface area contributed by atoms with Crippen molar-refractivity contribution in [1.29, 1.82) is 0 Å². The van der Waals surface area contributed by atoms with Crippen LogP contribution in [0.4, 0.5) is 10.8 Å². The summed E-state index contributed by atoms with van der Waals surface area (Å²) in [5.41, 5.74) is 5.75. The zero-order chi connectivity index (χ0) is 29.5. The molecule has 3 atom stereocenters. The number of fused-ring (bicyclic) bond motifs is 3. The molecule has 2 aliphatic heterocycles. The Morgan fingerprint density at radius 1 is 0.953 bits per heavy atom. The highest BCUT2D eigenvalue weighted by Crippen LogP contribution is 2.51. The number of rotatable bonds is 7. The summed E-state index contributed by atoms with van der Waals surface area (Å²) in [6.45, 7) is 0.781. The Labute approximate surface area is 261 Å². The van der Waals surface area contributed by atoms with E-state index in [1.807, 2.05) is 72.8 Å². The summed E-state index contributed by atoms with van der Waals surface area (Å²) in [6.07, 6.45) is 0.930. The Bertz CT molecular complexity index is 1780. The van der Waals surface area contributed by atoms with Crippen LogP contribution in [0.25, 0.3) is 11.3 Å². The van der Waals surface area contributed by atoms with Gasteiger partial charge in [0.2, 0.25) is 5.78 Å². The summed E-state index contributed by atoms with van der Waals surface area (Å²) in [7, 11) is 3.30. The Morgan fingerprint density at radius 3 is 2.35 bits per heavy atom. The molecule has 43 heavy (non-hydrogen) atoms. The predicted octanol–water partition coefficient (Wildman–Crippen LogP) is 8.49. The average molecular weight is 610 g/mol. The second kappa shape index (κ2) is 11.4. The number of halogens is 1. The van der Waals surface area contributed by atoms with Crippen LogP contribution in [-0.2, 0) is 0 Å². The molecule has 1 N–H and O–H groups in total. The van der Waals surface area contributed by atoms with Crippen LogP contribution in [-0.4, -0.2) is 37.6 Å². The molecule has 5 aromatic rings. The van der Waals surface area contributed by atoms with E-state index in [0.29, 0.717) is 27.8 Å². The van der Waals surface area contributed by atoms with Crippen molar-refractivity contribution in [3.8, 4) is 22.8 Å². The SMILES string of the molecule is COc1ccc(C(=O)c2sc(N3CCC4c5cc(Cl)ccc5NC4C3c3ccc(OC)cc3)nc2-c2ccccc2)cc1.[HH]. The largest absolute Gasteiger partial charge is 0.497 e. The van der Waals surface area contributed by atoms with E-state index in [1.54, 1.807) is 14.2 Å². The Kier molecular flexibility index (Phi) is 7.29. The molecule has 8 heteroatoms. The Hall–Kier alpha value is -4.33. The number of benzene rings is 4. The van der Waals surface area contributed by atoms with E-state index in [0.717, 1.165) is 45.7 Å². The fourth-order valence-corrected chi connectivity index (χ4v) is 7.64. The molecule has 218 valence electrons. The fourth-order valence-electron chi connectivity index (χ4n) is 6.34. The maximum atomic E-state index is 14.0. The van der Waals surface area contributed by atoms with Gasteiger partial charge in [-0.2, -0.15) is 0 Å². The van der Waals surface area contributed by atoms with Crippen LogP contribution >= 0.6 is 22.9 Å². The summed E-state index contributed by atoms with van der Waals surface area (Å²) in [4.78, 5) is 22.2. The zero-order valence-electron chi connectivity index (χ0n) is 23.8. The molecule has 7 rings (SSSR count). The van der Waals surface area contributed by atoms with Gasteiger partial charge in [-0.15, -0.1) is 0 Å². The van der Waals surface area contributed by atoms with Crippen LogP contribution in [0.3, 0.4) is 0 Å². The van der Waals surface area contributed by atoms with Crippen LogP contribution in [0.1, 0.15) is 46.2 Å². The van der Waals surface area contributed by atoms with Gasteiger partial charge in [0.25, 0.3) is 0 Å². The molecule has 0 bridgehead atoms. The van der Waals surface area contributed by atoms with Crippen molar-refractivity contribution < 1.29 is 15.7 Å². The topological polar surface area (TPSA) is 63.7 Å². The number of anilines is 2. The third-order valence-electron chi connectivity index (χ3n) is 8.45. The zero-order valence-corrected chi connectivity index (χ0v) is 25.4. The number of aromatic nitrogens is 1. The van der Waals surface area contributed by atoms with Gasteiger partial charge < -0.3 is 19.7 Å². The first kappa shape index (κ1) is 27.5. The molecular formula is C35H32ClN3O3S. The summed E-state index contributed by atoms with van der Waals surface area (Å²) >= 11 is 7.90. The first-order valence-corrected chi connectivity index (χ1v) is 15.4. The maximum Gasteiger partial charge on any atom is 0.205 e. The van der Waals surface area contributed by atoms with Gasteiger partial charge in [0.15, 0.2) is 5.13 Å². The number of ketones is 1. The van der Waals surface area contributed by atoms with E-state index < -0.39 is 0 Å². The number of thiazole rings is 1. The van der Waals surface area contributed by atoms with E-state index in [9.17, 15) is 4.79 Å². The van der Waals surface area contributed by atoms with Gasteiger partial charge in [0.05, 0.1) is 32.0 Å². The third kappa shape index (κ3) is 5.02. The number of nitrogens with zero attached hydrogens (tertiary/aromatic N) is 2. The summed E-state index contributed by atoms with van der Waals surface area (Å²) < 4.78 is 10.8. The molecule has 1 saturated heterocycles. The quantitative estimate of drug-likeness (QED) is 0.187. The number of hydrogen-bond donors (Lipinski definition) is 1. The van der Waals surface area contributed by atoms with E-state index in [2.05, 4.69) is 34.5 Å². The van der Waals surface area contributed by atoms with Crippen molar-refractivity contribution in [2.75, 3.05) is 31.0 Å². The van der Waals surface area contributed by atoms with Gasteiger partial charge in [-0.25, -0.2) is 4.98 Å². The second-order valence-corrected chi connectivity index (χ2v) is 12.2. The lowest BCUT2D eigenvalue weighted by atomic mass is 9.81. The van der Waals surface area contributed by atoms with Crippen LogP contribution in [0.5, 0.6) is 11.5 Å². The standard InChI is InChI=1S/C35H30ClN3O3S.H2/c1-41-25-13-8-22(9-14-25)32-31-27(28-20-24(36)12-17-29(28)37-31)18-19-39(32)35-38-30(21-6-4-3-5-7-21)34(43-35)33(40)23-10-15-26(42-2)16-11-23;/h3-17,20,27,31-32,37H,18-19H2,1-2H3;1H. The monoisotopic (exact) mass is 609 g/mol. The minimum atomic E-state index is -0.0535. The molecule has 3 unspecified atom stereocenters. The number of methoxy groups -OCH3 is 2. The highest BCUT2D eigenvalue weighted by molar-refractivity contribution is 7.18. The predicted molar refractivity (Wildman–Crippen MR) is 175 cm³/mol. The van der Waals surface area contributed by atoms with Crippen molar-refractivity contribution >= 4 is 39.5 Å². The smallest absolute Gasteiger partial charge is 0.205 e. The summed E-state index contributed by atoms with van der Waals surface area (Å²) in [5.74, 6) is 1.76. The van der Waals surface area contributed by atoms with Gasteiger partial charge in [0.1, 0.15) is 16.4 Å². The van der Waals surface area contributed by atoms with Crippen molar-refractivity contribution in [2.24, 2.45) is 0 Å². The van der Waals surface area contributed by atoms with Crippen LogP contribution in [0.2, 0.25) is 5.02 Å². The van der Waals surface area contributed by atoms with E-state index in [1.165, 1.54) is 16.9 Å². The highest BCUT2D eigenvalue weighted by Gasteiger charge is 2.45. The molecule has 0 saturated carbocycles. The lowest BCUT2D eigenvalue weighted by Gasteiger charge is -2.43. The third-order valence-corrected chi connectivity index (χ3v) is 9.78. The molecule has 3 heterocycles. The number of carbonyl (C=O) groups is 1. The minimum absolute atomic E-state index is 0. The average Bonchev–Trinajstić information content (AvgIpc) is 3.66. The Morgan fingerprint density at radius 2 is 1.65 bits per heavy atom. The van der Waals surface area contributed by atoms with Crippen molar-refractivity contribution in [3.05, 3.63) is 124 Å². The van der Waals surface area contributed by atoms with Gasteiger partial charge in [0, 0.05) is 35.7 Å². The van der Waals surface area contributed by atoms with Gasteiger partial charge in [-0.1, -0.05) is 65.4 Å². The van der Waals surface area contributed by atoms with Crippen molar-refractivity contribution in [1.82, 2.24) is 4.98 Å². The number of piperidine rings is 1. The van der Waals surface area contributed by atoms with Gasteiger partial charge >= 0.3 is 0 Å². The molecule has 6 nitrogen and oxygen atoms in total. The number of ether oxygens (including phenoxy) is 2. The van der Waals surface area contributed by atoms with Gasteiger partial charge in [-0.05, 0) is 72.1 Å². The Balaban J connectivity index is 0.00000343. The first-order chi connectivity index (χ1) is 21.0. The normalized spacial score (nSPS) is 18.9. The molecule has 1 aromatic heterocycles. The summed E-state index contributed by atoms with van der Waals surface area (Å²) in [5, 5.41) is 5.39. The second-order valence-electron chi connectivity index (χ2n) is 10.8. The molecular weight excluding hydrogens is 578 g/mol. The van der Waals surface area contributed by atoms with Crippen molar-refractivity contribution in [3.63, 3.8) is 0 Å². The highest BCUT2D eigenvalue weighted by atomic mass is 35.5. The molecule has 0 spiro atoms. The molecule has 1 fully saturated rings. The van der Waals surface area contributed by atoms with Crippen LogP contribution in [0, 0.1) is 0 Å². The van der Waals surface area contributed by atoms with E-state index in [-0.39, 0.29) is 19.3 Å². The molecule has 0 aliphatic carbocycles. The number of hydrogen-bond acceptors (Lipinski definition) is 7. The number of nitrogens with one attached hydrogen (secondary N) is 1. The minimum Gasteiger partial charge on any atom is -0.497 e. The first-order valence-electron chi connectivity index (χ1n) is 14.3. The lowest BCUT2D eigenvalue weighted by molar-refractivity contribution is 0.104. The van der Waals surface area contributed by atoms with Crippen LogP contribution < -0.4 is 19.7 Å². The summed E-state index contributed by atoms with van der Waals surface area (Å²) in [6, 6.07) is 31.7. The van der Waals surface area contributed by atoms with E-state index >= 15 is 0 Å². The van der Waals surface area contributed by atoms with E-state index in [4.69, 9.17) is 26.1 Å².